The summed E-state index contributed by atoms with van der Waals surface area (Å²) in [6.45, 7) is 0.997. The van der Waals surface area contributed by atoms with Gasteiger partial charge >= 0.3 is 0 Å². The van der Waals surface area contributed by atoms with Crippen LogP contribution in [0.25, 0.3) is 12.2 Å². The quantitative estimate of drug-likeness (QED) is 0.552. The van der Waals surface area contributed by atoms with Crippen molar-refractivity contribution < 1.29 is 0 Å². The highest BCUT2D eigenvalue weighted by molar-refractivity contribution is 6.15. The minimum atomic E-state index is 0.580. The first-order chi connectivity index (χ1) is 5.93. The van der Waals surface area contributed by atoms with Gasteiger partial charge in [-0.15, -0.1) is 0 Å². The van der Waals surface area contributed by atoms with Crippen molar-refractivity contribution in [2.75, 3.05) is 6.54 Å². The molecule has 12 heavy (non-hydrogen) atoms. The highest BCUT2D eigenvalue weighted by atomic mass is 14.8. The minimum Gasteiger partial charge on any atom is -0.361 e. The Labute approximate surface area is 70.3 Å². The van der Waals surface area contributed by atoms with Gasteiger partial charge in [0.25, 0.3) is 0 Å². The van der Waals surface area contributed by atoms with Crippen molar-refractivity contribution in [3.8, 4) is 0 Å². The third-order valence-electron chi connectivity index (χ3n) is 2.60. The fourth-order valence-corrected chi connectivity index (χ4v) is 1.94. The molecule has 0 saturated carbocycles. The molecule has 2 heterocycles. The summed E-state index contributed by atoms with van der Waals surface area (Å²) in [5.41, 5.74) is 1.27. The van der Waals surface area contributed by atoms with E-state index in [0.29, 0.717) is 5.92 Å². The van der Waals surface area contributed by atoms with Crippen LogP contribution >= 0.6 is 0 Å². The monoisotopic (exact) mass is 158 g/mol. The number of fused-ring (bicyclic) bond motifs is 2. The van der Waals surface area contributed by atoms with Crippen LogP contribution in [-0.2, 0) is 0 Å². The molecule has 1 aromatic heterocycles. The maximum atomic E-state index is 4.45. The normalized spacial score (nSPS) is 25.0. The average Bonchev–Trinajstić information content (AvgIpc) is 2.64. The first kappa shape index (κ1) is 6.23. The molecule has 2 aliphatic rings. The van der Waals surface area contributed by atoms with Gasteiger partial charge in [-0.3, -0.25) is 4.99 Å². The summed E-state index contributed by atoms with van der Waals surface area (Å²) in [6, 6.07) is 2.10. The van der Waals surface area contributed by atoms with Crippen LogP contribution in [0, 0.1) is 5.92 Å². The van der Waals surface area contributed by atoms with Crippen LogP contribution in [0.15, 0.2) is 17.3 Å². The lowest BCUT2D eigenvalue weighted by atomic mass is 9.97. The Kier molecular flexibility index (Phi) is 1.09. The van der Waals surface area contributed by atoms with Crippen LogP contribution in [0.1, 0.15) is 6.42 Å². The molecule has 1 N–H and O–H groups in total. The maximum Gasteiger partial charge on any atom is 0.0425 e. The van der Waals surface area contributed by atoms with E-state index >= 15 is 0 Å². The summed E-state index contributed by atoms with van der Waals surface area (Å²) >= 11 is 0. The van der Waals surface area contributed by atoms with Gasteiger partial charge in [0.2, 0.25) is 0 Å². The Morgan fingerprint density at radius 3 is 3.50 bits per heavy atom. The lowest BCUT2D eigenvalue weighted by Gasteiger charge is -2.06. The third-order valence-corrected chi connectivity index (χ3v) is 2.60. The van der Waals surface area contributed by atoms with E-state index in [2.05, 4.69) is 28.2 Å². The number of nitrogens with one attached hydrogen (secondary N) is 1. The van der Waals surface area contributed by atoms with Crippen molar-refractivity contribution in [3.63, 3.8) is 0 Å². The number of aromatic amines is 1. The van der Waals surface area contributed by atoms with Crippen molar-refractivity contribution in [1.29, 1.82) is 0 Å². The number of rotatable bonds is 0. The largest absolute Gasteiger partial charge is 0.361 e. The van der Waals surface area contributed by atoms with Gasteiger partial charge in [0.05, 0.1) is 0 Å². The van der Waals surface area contributed by atoms with E-state index in [1.54, 1.807) is 0 Å². The second kappa shape index (κ2) is 2.09. The second-order valence-electron chi connectivity index (χ2n) is 3.36. The second-order valence-corrected chi connectivity index (χ2v) is 3.36. The molecule has 0 radical (unpaired) electrons. The lowest BCUT2D eigenvalue weighted by Crippen LogP contribution is -2.30. The molecule has 0 amide bonds. The van der Waals surface area contributed by atoms with E-state index in [1.807, 2.05) is 6.20 Å². The molecule has 0 fully saturated rings. The van der Waals surface area contributed by atoms with Crippen molar-refractivity contribution >= 4 is 17.9 Å². The molecule has 0 bridgehead atoms. The smallest absolute Gasteiger partial charge is 0.0425 e. The first-order valence-corrected chi connectivity index (χ1v) is 4.35. The van der Waals surface area contributed by atoms with E-state index < -0.39 is 0 Å². The molecule has 0 aromatic carbocycles. The average molecular weight is 158 g/mol. The SMILES string of the molecule is C1=c2cc[nH]c2=CC2CCN=C12. The van der Waals surface area contributed by atoms with E-state index in [-0.39, 0.29) is 0 Å². The summed E-state index contributed by atoms with van der Waals surface area (Å²) < 4.78 is 0. The summed E-state index contributed by atoms with van der Waals surface area (Å²) in [5, 5.41) is 2.55. The number of hydrogen-bond acceptors (Lipinski definition) is 1. The molecule has 1 aliphatic carbocycles. The van der Waals surface area contributed by atoms with Crippen molar-refractivity contribution in [1.82, 2.24) is 4.98 Å². The summed E-state index contributed by atoms with van der Waals surface area (Å²) in [5.74, 6) is 0.580. The molecule has 0 saturated heterocycles. The summed E-state index contributed by atoms with van der Waals surface area (Å²) in [6.07, 6.45) is 7.66. The predicted octanol–water partition coefficient (Wildman–Crippen LogP) is 0.0502. The standard InChI is InChI=1S/C10H10N2/c1-3-11-9-6-8-2-4-12-10(8)5-7(1)9/h1,3,5-6,8,11H,2,4H2. The predicted molar refractivity (Wildman–Crippen MR) is 49.4 cm³/mol. The fraction of sp³-hybridized carbons (Fsp3) is 0.300. The molecule has 2 heteroatoms. The van der Waals surface area contributed by atoms with E-state index in [4.69, 9.17) is 0 Å². The topological polar surface area (TPSA) is 28.1 Å². The number of nitrogens with zero attached hydrogens (tertiary/aromatic N) is 1. The molecule has 1 unspecified atom stereocenters. The molecule has 3 rings (SSSR count). The Morgan fingerprint density at radius 1 is 1.50 bits per heavy atom. The maximum absolute atomic E-state index is 4.45. The van der Waals surface area contributed by atoms with Crippen molar-refractivity contribution in [2.24, 2.45) is 10.9 Å². The molecule has 0 spiro atoms. The van der Waals surface area contributed by atoms with Gasteiger partial charge in [-0.1, -0.05) is 6.08 Å². The number of aliphatic imine (C=N–C) groups is 1. The molecule has 1 aliphatic heterocycles. The summed E-state index contributed by atoms with van der Waals surface area (Å²) in [7, 11) is 0. The van der Waals surface area contributed by atoms with Crippen LogP contribution in [0.3, 0.4) is 0 Å². The van der Waals surface area contributed by atoms with Gasteiger partial charge in [0.1, 0.15) is 0 Å². The molecular formula is C10H10N2. The van der Waals surface area contributed by atoms with Crippen LogP contribution in [-0.4, -0.2) is 17.2 Å². The zero-order chi connectivity index (χ0) is 7.97. The Bertz CT molecular complexity index is 450. The van der Waals surface area contributed by atoms with Gasteiger partial charge in [-0.2, -0.15) is 0 Å². The molecular weight excluding hydrogens is 148 g/mol. The highest BCUT2D eigenvalue weighted by Gasteiger charge is 2.18. The number of aromatic nitrogens is 1. The van der Waals surface area contributed by atoms with Gasteiger partial charge in [-0.25, -0.2) is 0 Å². The minimum absolute atomic E-state index is 0.580. The fourth-order valence-electron chi connectivity index (χ4n) is 1.94. The molecule has 60 valence electrons. The summed E-state index contributed by atoms with van der Waals surface area (Å²) in [4.78, 5) is 7.68. The Balaban J connectivity index is 2.35. The lowest BCUT2D eigenvalue weighted by molar-refractivity contribution is 0.847. The zero-order valence-corrected chi connectivity index (χ0v) is 6.75. The van der Waals surface area contributed by atoms with Crippen molar-refractivity contribution in [2.45, 2.75) is 6.42 Å². The van der Waals surface area contributed by atoms with Crippen LogP contribution in [0.5, 0.6) is 0 Å². The van der Waals surface area contributed by atoms with E-state index in [1.165, 1.54) is 22.7 Å². The third kappa shape index (κ3) is 0.721. The van der Waals surface area contributed by atoms with Crippen LogP contribution in [0.2, 0.25) is 0 Å². The zero-order valence-electron chi connectivity index (χ0n) is 6.75. The van der Waals surface area contributed by atoms with Crippen LogP contribution < -0.4 is 10.6 Å². The van der Waals surface area contributed by atoms with Gasteiger partial charge < -0.3 is 4.98 Å². The van der Waals surface area contributed by atoms with Crippen molar-refractivity contribution in [3.05, 3.63) is 22.8 Å². The molecule has 1 atom stereocenters. The number of hydrogen-bond donors (Lipinski definition) is 1. The van der Waals surface area contributed by atoms with Gasteiger partial charge in [0.15, 0.2) is 0 Å². The highest BCUT2D eigenvalue weighted by Crippen LogP contribution is 2.17. The molecule has 2 nitrogen and oxygen atoms in total. The van der Waals surface area contributed by atoms with Gasteiger partial charge in [-0.05, 0) is 18.6 Å². The molecule has 1 aromatic rings. The Morgan fingerprint density at radius 2 is 2.50 bits per heavy atom. The van der Waals surface area contributed by atoms with E-state index in [0.717, 1.165) is 6.54 Å². The van der Waals surface area contributed by atoms with Crippen LogP contribution in [0.4, 0.5) is 0 Å². The Hall–Kier alpha value is -1.31. The first-order valence-electron chi connectivity index (χ1n) is 4.35. The number of H-pyrrole nitrogens is 1. The van der Waals surface area contributed by atoms with Gasteiger partial charge in [0, 0.05) is 34.9 Å². The van der Waals surface area contributed by atoms with E-state index in [9.17, 15) is 0 Å².